The normalized spacial score (nSPS) is 7.77. The number of benzene rings is 1. The molecular formula is C9H10NO3-. The molecule has 0 bridgehead atoms. The lowest BCUT2D eigenvalue weighted by Crippen LogP contribution is -1.89. The van der Waals surface area contributed by atoms with Gasteiger partial charge in [0.1, 0.15) is 11.5 Å². The van der Waals surface area contributed by atoms with Crippen molar-refractivity contribution in [2.75, 3.05) is 6.61 Å². The predicted molar refractivity (Wildman–Crippen MR) is 48.3 cm³/mol. The molecule has 0 aromatic heterocycles. The van der Waals surface area contributed by atoms with E-state index in [1.807, 2.05) is 6.92 Å². The van der Waals surface area contributed by atoms with Gasteiger partial charge in [0.2, 0.25) is 0 Å². The summed E-state index contributed by atoms with van der Waals surface area (Å²) in [6, 6.07) is 6.67. The summed E-state index contributed by atoms with van der Waals surface area (Å²) in [6.45, 7) is 2.58. The lowest BCUT2D eigenvalue weighted by molar-refractivity contribution is 0.339. The average Bonchev–Trinajstić information content (AvgIpc) is 2.11. The lowest BCUT2D eigenvalue weighted by atomic mass is 10.3. The number of phenols is 1. The Morgan fingerprint density at radius 2 is 1.92 bits per heavy atom. The van der Waals surface area contributed by atoms with Crippen LogP contribution in [-0.4, -0.2) is 17.8 Å². The van der Waals surface area contributed by atoms with E-state index in [4.69, 9.17) is 20.0 Å². The first-order chi connectivity index (χ1) is 6.24. The third kappa shape index (κ3) is 5.47. The Morgan fingerprint density at radius 1 is 1.46 bits per heavy atom. The van der Waals surface area contributed by atoms with Crippen molar-refractivity contribution in [1.29, 1.82) is 0 Å². The molecule has 1 aromatic carbocycles. The van der Waals surface area contributed by atoms with Crippen molar-refractivity contribution >= 4 is 6.08 Å². The highest BCUT2D eigenvalue weighted by Crippen LogP contribution is 2.15. The molecule has 4 heteroatoms. The first-order valence-corrected chi connectivity index (χ1v) is 3.67. The maximum absolute atomic E-state index is 8.87. The number of rotatable bonds is 2. The molecule has 4 nitrogen and oxygen atoms in total. The van der Waals surface area contributed by atoms with Gasteiger partial charge in [0.25, 0.3) is 0 Å². The molecule has 0 fully saturated rings. The van der Waals surface area contributed by atoms with Crippen LogP contribution >= 0.6 is 0 Å². The molecule has 0 radical (unpaired) electrons. The molecule has 0 saturated carbocycles. The van der Waals surface area contributed by atoms with E-state index in [9.17, 15) is 0 Å². The summed E-state index contributed by atoms with van der Waals surface area (Å²) in [5, 5.41) is 15.6. The van der Waals surface area contributed by atoms with Crippen molar-refractivity contribution in [3.05, 3.63) is 29.7 Å². The molecule has 1 rings (SSSR count). The first kappa shape index (κ1) is 11.2. The summed E-state index contributed by atoms with van der Waals surface area (Å²) in [5.74, 6) is 1.06. The van der Waals surface area contributed by atoms with Crippen LogP contribution in [0.1, 0.15) is 6.92 Å². The highest BCUT2D eigenvalue weighted by molar-refractivity contribution is 5.36. The number of aromatic hydroxyl groups is 1. The molecule has 1 aromatic rings. The minimum Gasteiger partial charge on any atom is -0.724 e. The van der Waals surface area contributed by atoms with E-state index in [1.165, 1.54) is 0 Å². The van der Waals surface area contributed by atoms with Crippen LogP contribution in [0.5, 0.6) is 11.5 Å². The maximum atomic E-state index is 8.87. The van der Waals surface area contributed by atoms with Gasteiger partial charge in [0.15, 0.2) is 0 Å². The standard InChI is InChI=1S/C8H10O2.CNO/c1-2-10-8-5-3-7(9)4-6-8;2-1-3/h3-6,9H,2H2,1H3;/q;-1. The average molecular weight is 180 g/mol. The van der Waals surface area contributed by atoms with Gasteiger partial charge in [-0.05, 0) is 37.3 Å². The highest BCUT2D eigenvalue weighted by Gasteiger charge is 1.89. The summed E-state index contributed by atoms with van der Waals surface area (Å²) in [6.07, 6.45) is 0.500. The lowest BCUT2D eigenvalue weighted by Gasteiger charge is -2.00. The van der Waals surface area contributed by atoms with Crippen LogP contribution < -0.4 is 4.74 Å². The zero-order chi connectivity index (χ0) is 10.1. The molecule has 0 saturated heterocycles. The molecule has 0 aliphatic rings. The number of carbonyl (C=O) groups excluding carboxylic acids is 1. The second kappa shape index (κ2) is 6.88. The van der Waals surface area contributed by atoms with E-state index in [0.29, 0.717) is 12.7 Å². The number of phenolic OH excluding ortho intramolecular Hbond substituents is 1. The van der Waals surface area contributed by atoms with Crippen LogP contribution in [0.3, 0.4) is 0 Å². The molecule has 0 aliphatic heterocycles. The fourth-order valence-electron chi connectivity index (χ4n) is 0.709. The third-order valence-electron chi connectivity index (χ3n) is 1.15. The summed E-state index contributed by atoms with van der Waals surface area (Å²) >= 11 is 0. The van der Waals surface area contributed by atoms with Crippen LogP contribution in [0.4, 0.5) is 0 Å². The van der Waals surface area contributed by atoms with Crippen LogP contribution in [0.2, 0.25) is 0 Å². The molecule has 70 valence electrons. The molecule has 0 aliphatic carbocycles. The summed E-state index contributed by atoms with van der Waals surface area (Å²) < 4.78 is 5.15. The van der Waals surface area contributed by atoms with Crippen LogP contribution in [0, 0.1) is 0 Å². The molecule has 0 atom stereocenters. The van der Waals surface area contributed by atoms with Crippen molar-refractivity contribution in [2.24, 2.45) is 0 Å². The Morgan fingerprint density at radius 3 is 2.31 bits per heavy atom. The van der Waals surface area contributed by atoms with Crippen molar-refractivity contribution < 1.29 is 14.6 Å². The van der Waals surface area contributed by atoms with Gasteiger partial charge in [-0.2, -0.15) is 0 Å². The Kier molecular flexibility index (Phi) is 5.93. The smallest absolute Gasteiger partial charge is 0.119 e. The topological polar surface area (TPSA) is 68.8 Å². The van der Waals surface area contributed by atoms with Gasteiger partial charge in [-0.25, -0.2) is 0 Å². The summed E-state index contributed by atoms with van der Waals surface area (Å²) in [4.78, 5) is 8.24. The van der Waals surface area contributed by atoms with Gasteiger partial charge in [-0.3, -0.25) is 4.79 Å². The Balaban J connectivity index is 0.000000424. The number of nitrogens with zero attached hydrogens (tertiary/aromatic N) is 1. The van der Waals surface area contributed by atoms with E-state index in [-0.39, 0.29) is 5.75 Å². The van der Waals surface area contributed by atoms with Crippen LogP contribution in [-0.2, 0) is 4.79 Å². The van der Waals surface area contributed by atoms with E-state index in [1.54, 1.807) is 24.3 Å². The number of ether oxygens (including phenoxy) is 1. The second-order valence-corrected chi connectivity index (χ2v) is 2.02. The third-order valence-corrected chi connectivity index (χ3v) is 1.15. The zero-order valence-electron chi connectivity index (χ0n) is 7.23. The molecule has 0 unspecified atom stereocenters. The van der Waals surface area contributed by atoms with Crippen molar-refractivity contribution in [1.82, 2.24) is 0 Å². The summed E-state index contributed by atoms with van der Waals surface area (Å²) in [7, 11) is 0. The van der Waals surface area contributed by atoms with Gasteiger partial charge < -0.3 is 15.3 Å². The Labute approximate surface area is 76.3 Å². The monoisotopic (exact) mass is 180 g/mol. The van der Waals surface area contributed by atoms with Crippen molar-refractivity contribution in [3.8, 4) is 11.5 Å². The largest absolute Gasteiger partial charge is 0.724 e. The Hall–Kier alpha value is -1.80. The molecule has 13 heavy (non-hydrogen) atoms. The minimum atomic E-state index is 0.267. The molecule has 1 N–H and O–H groups in total. The second-order valence-electron chi connectivity index (χ2n) is 2.02. The van der Waals surface area contributed by atoms with Gasteiger partial charge in [-0.1, -0.05) is 0 Å². The van der Waals surface area contributed by atoms with Crippen molar-refractivity contribution in [3.63, 3.8) is 0 Å². The van der Waals surface area contributed by atoms with Gasteiger partial charge in [-0.15, -0.1) is 0 Å². The van der Waals surface area contributed by atoms with E-state index in [2.05, 4.69) is 0 Å². The SMILES string of the molecule is CCOc1ccc(O)cc1.[N-]=C=O. The fourth-order valence-corrected chi connectivity index (χ4v) is 0.709. The van der Waals surface area contributed by atoms with E-state index >= 15 is 0 Å². The quantitative estimate of drug-likeness (QED) is 0.556. The minimum absolute atomic E-state index is 0.267. The Bertz CT molecular complexity index is 263. The zero-order valence-corrected chi connectivity index (χ0v) is 7.23. The predicted octanol–water partition coefficient (Wildman–Crippen LogP) is 1.68. The number of hydrogen-bond acceptors (Lipinski definition) is 3. The highest BCUT2D eigenvalue weighted by atomic mass is 16.5. The molecule has 0 spiro atoms. The fraction of sp³-hybridized carbons (Fsp3) is 0.222. The van der Waals surface area contributed by atoms with E-state index in [0.717, 1.165) is 5.75 Å². The summed E-state index contributed by atoms with van der Waals surface area (Å²) in [5.41, 5.74) is 0. The maximum Gasteiger partial charge on any atom is 0.119 e. The molecule has 0 heterocycles. The van der Waals surface area contributed by atoms with Gasteiger partial charge in [0, 0.05) is 0 Å². The molecule has 0 amide bonds. The van der Waals surface area contributed by atoms with E-state index < -0.39 is 0 Å². The van der Waals surface area contributed by atoms with Crippen LogP contribution in [0.25, 0.3) is 5.41 Å². The van der Waals surface area contributed by atoms with Gasteiger partial charge in [0.05, 0.1) is 6.61 Å². The number of hydrogen-bond donors (Lipinski definition) is 1. The van der Waals surface area contributed by atoms with Gasteiger partial charge >= 0.3 is 0 Å². The molecular weight excluding hydrogens is 170 g/mol. The number of isocyanates is 1. The van der Waals surface area contributed by atoms with Crippen molar-refractivity contribution in [2.45, 2.75) is 6.92 Å². The first-order valence-electron chi connectivity index (χ1n) is 3.67. The van der Waals surface area contributed by atoms with Crippen LogP contribution in [0.15, 0.2) is 24.3 Å².